The second kappa shape index (κ2) is 9.64. The highest BCUT2D eigenvalue weighted by Gasteiger charge is 2.26. The van der Waals surface area contributed by atoms with Crippen LogP contribution < -0.4 is 15.0 Å². The number of hydrogen-bond donors (Lipinski definition) is 1. The molecule has 8 nitrogen and oxygen atoms in total. The fourth-order valence-corrected chi connectivity index (χ4v) is 3.88. The normalized spacial score (nSPS) is 12.5. The van der Waals surface area contributed by atoms with Gasteiger partial charge in [0.2, 0.25) is 0 Å². The molecule has 1 N–H and O–H groups in total. The van der Waals surface area contributed by atoms with Crippen molar-refractivity contribution < 1.29 is 19.1 Å². The van der Waals surface area contributed by atoms with Crippen molar-refractivity contribution in [1.82, 2.24) is 9.97 Å². The quantitative estimate of drug-likeness (QED) is 0.415. The van der Waals surface area contributed by atoms with E-state index in [9.17, 15) is 9.59 Å². The molecule has 1 aliphatic heterocycles. The van der Waals surface area contributed by atoms with E-state index >= 15 is 0 Å². The van der Waals surface area contributed by atoms with Crippen LogP contribution in [0.15, 0.2) is 85.2 Å². The summed E-state index contributed by atoms with van der Waals surface area (Å²) >= 11 is 0. The number of anilines is 3. The lowest BCUT2D eigenvalue weighted by Gasteiger charge is -2.29. The van der Waals surface area contributed by atoms with Crippen LogP contribution in [-0.4, -0.2) is 35.6 Å². The van der Waals surface area contributed by atoms with Gasteiger partial charge in [0.1, 0.15) is 11.6 Å². The number of hydrogen-bond acceptors (Lipinski definition) is 7. The Labute approximate surface area is 202 Å². The zero-order chi connectivity index (χ0) is 24.2. The number of pyridine rings is 2. The van der Waals surface area contributed by atoms with Crippen molar-refractivity contribution in [1.29, 1.82) is 0 Å². The summed E-state index contributed by atoms with van der Waals surface area (Å²) < 4.78 is 10.5. The van der Waals surface area contributed by atoms with E-state index in [1.54, 1.807) is 35.5 Å². The number of nitrogens with one attached hydrogen (secondary N) is 1. The lowest BCUT2D eigenvalue weighted by atomic mass is 10.0. The summed E-state index contributed by atoms with van der Waals surface area (Å²) in [6, 6.07) is 22.2. The first-order valence-electron chi connectivity index (χ1n) is 11.0. The standard InChI is InChI=1S/C27H22N4O4/c1-34-27(33)20-5-4-7-21(13-20)30-25-15-19(10-12-29-25)18-8-9-24-23(14-18)31(26(32)17-35-24)16-22-6-2-3-11-28-22/h2-15H,16-17H2,1H3,(H,29,30). The third-order valence-corrected chi connectivity index (χ3v) is 5.60. The maximum absolute atomic E-state index is 12.7. The molecule has 0 saturated heterocycles. The van der Waals surface area contributed by atoms with Crippen molar-refractivity contribution in [3.05, 3.63) is 96.4 Å². The van der Waals surface area contributed by atoms with Gasteiger partial charge in [-0.1, -0.05) is 18.2 Å². The molecule has 0 spiro atoms. The number of amides is 1. The van der Waals surface area contributed by atoms with Gasteiger partial charge in [0.25, 0.3) is 5.91 Å². The minimum absolute atomic E-state index is 0.00680. The molecule has 0 radical (unpaired) electrons. The van der Waals surface area contributed by atoms with Gasteiger partial charge >= 0.3 is 5.97 Å². The zero-order valence-electron chi connectivity index (χ0n) is 19.0. The molecule has 35 heavy (non-hydrogen) atoms. The molecule has 4 aromatic rings. The first kappa shape index (κ1) is 22.1. The molecule has 5 rings (SSSR count). The fourth-order valence-electron chi connectivity index (χ4n) is 3.88. The van der Waals surface area contributed by atoms with Gasteiger partial charge < -0.3 is 14.8 Å². The van der Waals surface area contributed by atoms with Crippen LogP contribution in [-0.2, 0) is 16.1 Å². The highest BCUT2D eigenvalue weighted by molar-refractivity contribution is 5.98. The van der Waals surface area contributed by atoms with Crippen LogP contribution in [0.25, 0.3) is 11.1 Å². The van der Waals surface area contributed by atoms with Gasteiger partial charge in [-0.2, -0.15) is 0 Å². The second-order valence-corrected chi connectivity index (χ2v) is 7.90. The van der Waals surface area contributed by atoms with Gasteiger partial charge in [-0.25, -0.2) is 9.78 Å². The number of aromatic nitrogens is 2. The van der Waals surface area contributed by atoms with Crippen LogP contribution in [0.1, 0.15) is 16.1 Å². The number of carbonyl (C=O) groups is 2. The maximum Gasteiger partial charge on any atom is 0.337 e. The van der Waals surface area contributed by atoms with Crippen LogP contribution in [0, 0.1) is 0 Å². The highest BCUT2D eigenvalue weighted by atomic mass is 16.5. The molecule has 2 aromatic heterocycles. The average molecular weight is 466 g/mol. The number of nitrogens with zero attached hydrogens (tertiary/aromatic N) is 3. The van der Waals surface area contributed by atoms with Crippen molar-refractivity contribution in [2.24, 2.45) is 0 Å². The van der Waals surface area contributed by atoms with E-state index in [2.05, 4.69) is 15.3 Å². The summed E-state index contributed by atoms with van der Waals surface area (Å²) in [4.78, 5) is 35.0. The van der Waals surface area contributed by atoms with Crippen LogP contribution in [0.2, 0.25) is 0 Å². The third-order valence-electron chi connectivity index (χ3n) is 5.60. The zero-order valence-corrected chi connectivity index (χ0v) is 19.0. The lowest BCUT2D eigenvalue weighted by molar-refractivity contribution is -0.121. The topological polar surface area (TPSA) is 93.7 Å². The van der Waals surface area contributed by atoms with Gasteiger partial charge in [0.05, 0.1) is 30.6 Å². The van der Waals surface area contributed by atoms with Gasteiger partial charge in [0, 0.05) is 18.1 Å². The molecular weight excluding hydrogens is 444 g/mol. The monoisotopic (exact) mass is 466 g/mol. The largest absolute Gasteiger partial charge is 0.482 e. The number of esters is 1. The fraction of sp³-hybridized carbons (Fsp3) is 0.111. The van der Waals surface area contributed by atoms with Crippen LogP contribution in [0.4, 0.5) is 17.2 Å². The minimum atomic E-state index is -0.406. The SMILES string of the molecule is COC(=O)c1cccc(Nc2cc(-c3ccc4c(c3)N(Cc3ccccn3)C(=O)CO4)ccn2)c1. The molecule has 1 amide bonds. The molecular formula is C27H22N4O4. The Bertz CT molecular complexity index is 1390. The van der Waals surface area contributed by atoms with Gasteiger partial charge in [0.15, 0.2) is 6.61 Å². The van der Waals surface area contributed by atoms with E-state index in [4.69, 9.17) is 9.47 Å². The van der Waals surface area contributed by atoms with Crippen molar-refractivity contribution in [2.75, 3.05) is 23.9 Å². The summed E-state index contributed by atoms with van der Waals surface area (Å²) in [5.41, 5.74) is 4.46. The Kier molecular flexibility index (Phi) is 6.09. The molecule has 2 aromatic carbocycles. The minimum Gasteiger partial charge on any atom is -0.482 e. The molecule has 174 valence electrons. The number of methoxy groups -OCH3 is 1. The number of benzene rings is 2. The van der Waals surface area contributed by atoms with E-state index in [1.807, 2.05) is 54.6 Å². The maximum atomic E-state index is 12.7. The van der Waals surface area contributed by atoms with E-state index in [0.717, 1.165) is 16.8 Å². The molecule has 8 heteroatoms. The lowest BCUT2D eigenvalue weighted by Crippen LogP contribution is -2.38. The Hall–Kier alpha value is -4.72. The predicted molar refractivity (Wildman–Crippen MR) is 132 cm³/mol. The van der Waals surface area contributed by atoms with E-state index < -0.39 is 5.97 Å². The second-order valence-electron chi connectivity index (χ2n) is 7.90. The van der Waals surface area contributed by atoms with Gasteiger partial charge in [-0.05, 0) is 65.7 Å². The van der Waals surface area contributed by atoms with Crippen LogP contribution in [0.5, 0.6) is 5.75 Å². The summed E-state index contributed by atoms with van der Waals surface area (Å²) in [6.45, 7) is 0.353. The Morgan fingerprint density at radius 1 is 1.00 bits per heavy atom. The third kappa shape index (κ3) is 4.81. The molecule has 0 fully saturated rings. The van der Waals surface area contributed by atoms with Crippen molar-refractivity contribution in [3.63, 3.8) is 0 Å². The number of fused-ring (bicyclic) bond motifs is 1. The highest BCUT2D eigenvalue weighted by Crippen LogP contribution is 2.37. The number of rotatable bonds is 6. The first-order valence-corrected chi connectivity index (χ1v) is 11.0. The molecule has 0 saturated carbocycles. The summed E-state index contributed by atoms with van der Waals surface area (Å²) in [6.07, 6.45) is 3.42. The van der Waals surface area contributed by atoms with Crippen LogP contribution in [0.3, 0.4) is 0 Å². The summed E-state index contributed by atoms with van der Waals surface area (Å²) in [5.74, 6) is 0.732. The molecule has 0 aliphatic carbocycles. The van der Waals surface area contributed by atoms with E-state index in [-0.39, 0.29) is 12.5 Å². The molecule has 1 aliphatic rings. The molecule has 0 atom stereocenters. The van der Waals surface area contributed by atoms with Crippen LogP contribution >= 0.6 is 0 Å². The summed E-state index contributed by atoms with van der Waals surface area (Å²) in [7, 11) is 1.35. The van der Waals surface area contributed by atoms with Crippen molar-refractivity contribution >= 4 is 29.1 Å². The average Bonchev–Trinajstić information content (AvgIpc) is 2.90. The van der Waals surface area contributed by atoms with Gasteiger partial charge in [-0.15, -0.1) is 0 Å². The van der Waals surface area contributed by atoms with E-state index in [0.29, 0.717) is 35.1 Å². The summed E-state index contributed by atoms with van der Waals surface area (Å²) in [5, 5.41) is 3.23. The predicted octanol–water partition coefficient (Wildman–Crippen LogP) is 4.60. The van der Waals surface area contributed by atoms with E-state index in [1.165, 1.54) is 7.11 Å². The van der Waals surface area contributed by atoms with Crippen molar-refractivity contribution in [3.8, 4) is 16.9 Å². The smallest absolute Gasteiger partial charge is 0.337 e. The van der Waals surface area contributed by atoms with Gasteiger partial charge in [-0.3, -0.25) is 14.7 Å². The Morgan fingerprint density at radius 3 is 2.71 bits per heavy atom. The Balaban J connectivity index is 1.43. The number of carbonyl (C=O) groups excluding carboxylic acids is 2. The number of ether oxygens (including phenoxy) is 2. The van der Waals surface area contributed by atoms with Crippen molar-refractivity contribution in [2.45, 2.75) is 6.54 Å². The Morgan fingerprint density at radius 2 is 1.89 bits per heavy atom. The molecule has 3 heterocycles. The first-order chi connectivity index (χ1) is 17.1. The molecule has 0 bridgehead atoms. The molecule has 0 unspecified atom stereocenters.